The highest BCUT2D eigenvalue weighted by atomic mass is 79.9. The first kappa shape index (κ1) is 13.0. The molecule has 0 aliphatic rings. The van der Waals surface area contributed by atoms with Crippen LogP contribution in [0.1, 0.15) is 5.82 Å². The smallest absolute Gasteiger partial charge is 0.147 e. The fourth-order valence-electron chi connectivity index (χ4n) is 1.30. The Hall–Kier alpha value is -0.460. The summed E-state index contributed by atoms with van der Waals surface area (Å²) in [6, 6.07) is 5.77. The summed E-state index contributed by atoms with van der Waals surface area (Å²) in [5.74, 6) is 0.759. The Morgan fingerprint density at radius 3 is 2.18 bits per heavy atom. The van der Waals surface area contributed by atoms with Gasteiger partial charge in [0.05, 0.1) is 12.2 Å². The van der Waals surface area contributed by atoms with Gasteiger partial charge < -0.3 is 5.32 Å². The minimum absolute atomic E-state index is 0.583. The Morgan fingerprint density at radius 2 is 1.59 bits per heavy atom. The van der Waals surface area contributed by atoms with Crippen molar-refractivity contribution in [3.05, 3.63) is 49.8 Å². The van der Waals surface area contributed by atoms with Crippen LogP contribution in [0.25, 0.3) is 0 Å². The monoisotopic (exact) mass is 419 g/mol. The van der Waals surface area contributed by atoms with Gasteiger partial charge in [-0.15, -0.1) is 0 Å². The molecular formula is C11H8Br3N3. The fraction of sp³-hybridized carbons (Fsp3) is 0.0909. The van der Waals surface area contributed by atoms with Crippen molar-refractivity contribution < 1.29 is 0 Å². The zero-order valence-electron chi connectivity index (χ0n) is 8.62. The van der Waals surface area contributed by atoms with Crippen LogP contribution in [-0.4, -0.2) is 9.97 Å². The van der Waals surface area contributed by atoms with Gasteiger partial charge in [0.15, 0.2) is 0 Å². The number of anilines is 1. The predicted octanol–water partition coefficient (Wildman–Crippen LogP) is 4.38. The van der Waals surface area contributed by atoms with E-state index in [0.717, 1.165) is 24.9 Å². The number of aromatic nitrogens is 2. The van der Waals surface area contributed by atoms with E-state index in [2.05, 4.69) is 63.1 Å². The van der Waals surface area contributed by atoms with E-state index in [1.54, 1.807) is 18.5 Å². The van der Waals surface area contributed by atoms with Crippen molar-refractivity contribution in [3.8, 4) is 0 Å². The van der Waals surface area contributed by atoms with Crippen molar-refractivity contribution in [3.63, 3.8) is 0 Å². The summed E-state index contributed by atoms with van der Waals surface area (Å²) in [5.41, 5.74) is 0.987. The molecule has 0 fully saturated rings. The third-order valence-corrected chi connectivity index (χ3v) is 3.76. The minimum Gasteiger partial charge on any atom is -0.376 e. The van der Waals surface area contributed by atoms with Crippen LogP contribution in [-0.2, 0) is 6.54 Å². The lowest BCUT2D eigenvalue weighted by Gasteiger charge is -2.10. The first-order valence-corrected chi connectivity index (χ1v) is 7.19. The van der Waals surface area contributed by atoms with E-state index in [0.29, 0.717) is 6.54 Å². The Bertz CT molecular complexity index is 494. The highest BCUT2D eigenvalue weighted by molar-refractivity contribution is 9.11. The second-order valence-corrected chi connectivity index (χ2v) is 5.89. The van der Waals surface area contributed by atoms with Gasteiger partial charge in [-0.2, -0.15) is 0 Å². The molecule has 0 aliphatic carbocycles. The molecular weight excluding hydrogens is 414 g/mol. The average molecular weight is 422 g/mol. The number of nitrogens with zero attached hydrogens (tertiary/aromatic N) is 2. The molecule has 0 unspecified atom stereocenters. The Kier molecular flexibility index (Phi) is 4.53. The lowest BCUT2D eigenvalue weighted by atomic mass is 10.3. The molecule has 0 amide bonds. The zero-order chi connectivity index (χ0) is 12.3. The van der Waals surface area contributed by atoms with Gasteiger partial charge in [-0.05, 0) is 50.1 Å². The highest BCUT2D eigenvalue weighted by Crippen LogP contribution is 2.34. The maximum absolute atomic E-state index is 4.16. The molecule has 2 aromatic rings. The lowest BCUT2D eigenvalue weighted by molar-refractivity contribution is 0.946. The van der Waals surface area contributed by atoms with Gasteiger partial charge in [0, 0.05) is 25.8 Å². The third kappa shape index (κ3) is 3.50. The Balaban J connectivity index is 2.15. The van der Waals surface area contributed by atoms with E-state index in [-0.39, 0.29) is 0 Å². The number of hydrogen-bond donors (Lipinski definition) is 1. The summed E-state index contributed by atoms with van der Waals surface area (Å²) in [6.45, 7) is 0.583. The average Bonchev–Trinajstić information content (AvgIpc) is 2.29. The summed E-state index contributed by atoms with van der Waals surface area (Å²) < 4.78 is 2.97. The normalized spacial score (nSPS) is 10.3. The molecule has 0 aliphatic heterocycles. The number of hydrogen-bond acceptors (Lipinski definition) is 3. The molecule has 3 nitrogen and oxygen atoms in total. The van der Waals surface area contributed by atoms with Crippen LogP contribution in [0.3, 0.4) is 0 Å². The summed E-state index contributed by atoms with van der Waals surface area (Å²) in [5, 5.41) is 3.29. The molecule has 0 radical (unpaired) electrons. The molecule has 1 aromatic heterocycles. The molecule has 0 atom stereocenters. The maximum Gasteiger partial charge on any atom is 0.147 e. The van der Waals surface area contributed by atoms with Gasteiger partial charge in [-0.25, -0.2) is 9.97 Å². The predicted molar refractivity (Wildman–Crippen MR) is 78.9 cm³/mol. The molecule has 1 aromatic carbocycles. The molecule has 1 N–H and O–H groups in total. The number of nitrogens with one attached hydrogen (secondary N) is 1. The Labute approximate surface area is 124 Å². The molecule has 0 saturated carbocycles. The van der Waals surface area contributed by atoms with Gasteiger partial charge in [-0.3, -0.25) is 0 Å². The van der Waals surface area contributed by atoms with Crippen LogP contribution in [0.2, 0.25) is 0 Å². The van der Waals surface area contributed by atoms with E-state index in [1.807, 2.05) is 12.1 Å². The van der Waals surface area contributed by atoms with Crippen LogP contribution >= 0.6 is 47.8 Å². The van der Waals surface area contributed by atoms with Crippen LogP contribution in [0.5, 0.6) is 0 Å². The summed E-state index contributed by atoms with van der Waals surface area (Å²) in [7, 11) is 0. The maximum atomic E-state index is 4.16. The third-order valence-electron chi connectivity index (χ3n) is 2.05. The molecule has 0 spiro atoms. The van der Waals surface area contributed by atoms with Gasteiger partial charge in [0.1, 0.15) is 5.82 Å². The van der Waals surface area contributed by atoms with Gasteiger partial charge in [0.2, 0.25) is 0 Å². The van der Waals surface area contributed by atoms with Gasteiger partial charge in [0.25, 0.3) is 0 Å². The molecule has 88 valence electrons. The van der Waals surface area contributed by atoms with Crippen LogP contribution in [0.4, 0.5) is 5.69 Å². The van der Waals surface area contributed by atoms with E-state index < -0.39 is 0 Å². The molecule has 1 heterocycles. The highest BCUT2D eigenvalue weighted by Gasteiger charge is 2.06. The lowest BCUT2D eigenvalue weighted by Crippen LogP contribution is -2.04. The van der Waals surface area contributed by atoms with Crippen LogP contribution < -0.4 is 5.32 Å². The van der Waals surface area contributed by atoms with E-state index in [9.17, 15) is 0 Å². The Morgan fingerprint density at radius 1 is 1.00 bits per heavy atom. The molecule has 0 saturated heterocycles. The van der Waals surface area contributed by atoms with E-state index >= 15 is 0 Å². The van der Waals surface area contributed by atoms with Gasteiger partial charge >= 0.3 is 0 Å². The number of rotatable bonds is 3. The van der Waals surface area contributed by atoms with Crippen molar-refractivity contribution in [2.75, 3.05) is 5.32 Å². The topological polar surface area (TPSA) is 37.8 Å². The summed E-state index contributed by atoms with van der Waals surface area (Å²) in [6.07, 6.45) is 3.46. The van der Waals surface area contributed by atoms with Crippen molar-refractivity contribution in [2.24, 2.45) is 0 Å². The molecule has 17 heavy (non-hydrogen) atoms. The first-order valence-electron chi connectivity index (χ1n) is 4.81. The van der Waals surface area contributed by atoms with Crippen LogP contribution in [0, 0.1) is 0 Å². The molecule has 0 bridgehead atoms. The zero-order valence-corrected chi connectivity index (χ0v) is 13.4. The summed E-state index contributed by atoms with van der Waals surface area (Å²) >= 11 is 10.4. The second kappa shape index (κ2) is 5.93. The van der Waals surface area contributed by atoms with Crippen molar-refractivity contribution in [2.45, 2.75) is 6.54 Å². The van der Waals surface area contributed by atoms with Gasteiger partial charge in [-0.1, -0.05) is 15.9 Å². The van der Waals surface area contributed by atoms with E-state index in [1.165, 1.54) is 0 Å². The molecule has 2 rings (SSSR count). The standard InChI is InChI=1S/C11H8Br3N3/c12-7-4-8(13)11(9(14)5-7)17-6-10-15-2-1-3-16-10/h1-5,17H,6H2. The fourth-order valence-corrected chi connectivity index (χ4v) is 3.84. The minimum atomic E-state index is 0.583. The molecule has 6 heteroatoms. The first-order chi connectivity index (χ1) is 8.16. The van der Waals surface area contributed by atoms with E-state index in [4.69, 9.17) is 0 Å². The SMILES string of the molecule is Brc1cc(Br)c(NCc2ncccn2)c(Br)c1. The summed E-state index contributed by atoms with van der Waals surface area (Å²) in [4.78, 5) is 8.31. The van der Waals surface area contributed by atoms with Crippen molar-refractivity contribution in [1.29, 1.82) is 0 Å². The van der Waals surface area contributed by atoms with Crippen LogP contribution in [0.15, 0.2) is 44.0 Å². The largest absolute Gasteiger partial charge is 0.376 e. The quantitative estimate of drug-likeness (QED) is 0.799. The van der Waals surface area contributed by atoms with Crippen molar-refractivity contribution in [1.82, 2.24) is 9.97 Å². The second-order valence-electron chi connectivity index (χ2n) is 3.26. The van der Waals surface area contributed by atoms with Crippen molar-refractivity contribution >= 4 is 53.5 Å². The number of benzene rings is 1. The number of halogens is 3.